The molecule has 102 valence electrons. The summed E-state index contributed by atoms with van der Waals surface area (Å²) < 4.78 is 0. The number of nitrogens with one attached hydrogen (secondary N) is 1. The fourth-order valence-electron chi connectivity index (χ4n) is 2.81. The van der Waals surface area contributed by atoms with Crippen molar-refractivity contribution in [3.05, 3.63) is 70.8 Å². The number of carbonyl (C=O) groups is 1. The van der Waals surface area contributed by atoms with E-state index >= 15 is 0 Å². The molecular formula is C18H19NO. The van der Waals surface area contributed by atoms with E-state index in [0.717, 1.165) is 0 Å². The van der Waals surface area contributed by atoms with E-state index in [1.165, 1.54) is 36.0 Å². The van der Waals surface area contributed by atoms with Gasteiger partial charge in [-0.25, -0.2) is 0 Å². The van der Waals surface area contributed by atoms with Crippen molar-refractivity contribution in [3.8, 4) is 0 Å². The summed E-state index contributed by atoms with van der Waals surface area (Å²) in [6.07, 6.45) is 3.62. The van der Waals surface area contributed by atoms with Crippen LogP contribution in [0.1, 0.15) is 46.4 Å². The second-order valence-corrected chi connectivity index (χ2v) is 5.44. The SMILES string of the molecule is C[C@@H](NC(=O)c1ccccc1)c1ccc2c(c1)CCC2. The lowest BCUT2D eigenvalue weighted by Gasteiger charge is -2.15. The highest BCUT2D eigenvalue weighted by Crippen LogP contribution is 2.25. The van der Waals surface area contributed by atoms with Crippen LogP contribution in [-0.4, -0.2) is 5.91 Å². The Morgan fingerprint density at radius 1 is 1.05 bits per heavy atom. The summed E-state index contributed by atoms with van der Waals surface area (Å²) in [5.74, 6) is -0.0152. The first-order valence-corrected chi connectivity index (χ1v) is 7.21. The number of fused-ring (bicyclic) bond motifs is 1. The molecule has 0 heterocycles. The molecule has 3 rings (SSSR count). The van der Waals surface area contributed by atoms with Gasteiger partial charge in [0, 0.05) is 5.56 Å². The van der Waals surface area contributed by atoms with Crippen molar-refractivity contribution in [3.63, 3.8) is 0 Å². The van der Waals surface area contributed by atoms with Crippen molar-refractivity contribution < 1.29 is 4.79 Å². The predicted octanol–water partition coefficient (Wildman–Crippen LogP) is 3.67. The Labute approximate surface area is 119 Å². The third-order valence-electron chi connectivity index (χ3n) is 4.01. The van der Waals surface area contributed by atoms with Gasteiger partial charge in [-0.1, -0.05) is 36.4 Å². The Morgan fingerprint density at radius 3 is 2.60 bits per heavy atom. The average Bonchev–Trinajstić information content (AvgIpc) is 2.95. The molecule has 2 aromatic carbocycles. The molecule has 2 aromatic rings. The van der Waals surface area contributed by atoms with E-state index in [1.807, 2.05) is 37.3 Å². The Balaban J connectivity index is 1.73. The summed E-state index contributed by atoms with van der Waals surface area (Å²) in [6, 6.07) is 16.0. The molecule has 1 N–H and O–H groups in total. The number of amides is 1. The van der Waals surface area contributed by atoms with Gasteiger partial charge in [-0.05, 0) is 55.0 Å². The molecule has 0 saturated carbocycles. The van der Waals surface area contributed by atoms with Crippen LogP contribution in [0.5, 0.6) is 0 Å². The van der Waals surface area contributed by atoms with E-state index in [4.69, 9.17) is 0 Å². The topological polar surface area (TPSA) is 29.1 Å². The first-order chi connectivity index (χ1) is 9.74. The lowest BCUT2D eigenvalue weighted by Crippen LogP contribution is -2.26. The average molecular weight is 265 g/mol. The summed E-state index contributed by atoms with van der Waals surface area (Å²) in [6.45, 7) is 2.04. The molecule has 0 bridgehead atoms. The normalized spacial score (nSPS) is 14.7. The maximum absolute atomic E-state index is 12.2. The van der Waals surface area contributed by atoms with Crippen LogP contribution < -0.4 is 5.32 Å². The van der Waals surface area contributed by atoms with Gasteiger partial charge in [0.1, 0.15) is 0 Å². The molecule has 1 aliphatic rings. The molecule has 1 atom stereocenters. The molecule has 0 spiro atoms. The lowest BCUT2D eigenvalue weighted by atomic mass is 10.0. The molecule has 0 fully saturated rings. The summed E-state index contributed by atoms with van der Waals surface area (Å²) >= 11 is 0. The quantitative estimate of drug-likeness (QED) is 0.901. The third kappa shape index (κ3) is 2.60. The monoisotopic (exact) mass is 265 g/mol. The van der Waals surface area contributed by atoms with Crippen LogP contribution in [-0.2, 0) is 12.8 Å². The summed E-state index contributed by atoms with van der Waals surface area (Å²) in [5, 5.41) is 3.06. The van der Waals surface area contributed by atoms with E-state index in [2.05, 4.69) is 23.5 Å². The standard InChI is InChI=1S/C18H19NO/c1-13(19-18(20)15-6-3-2-4-7-15)16-11-10-14-8-5-9-17(14)12-16/h2-4,6-7,10-13H,5,8-9H2,1H3,(H,19,20)/t13-/m1/s1. The Kier molecular flexibility index (Phi) is 3.55. The van der Waals surface area contributed by atoms with Crippen LogP contribution in [0.3, 0.4) is 0 Å². The highest BCUT2D eigenvalue weighted by Gasteiger charge is 2.15. The second-order valence-electron chi connectivity index (χ2n) is 5.44. The van der Waals surface area contributed by atoms with Crippen LogP contribution in [0.15, 0.2) is 48.5 Å². The molecule has 0 saturated heterocycles. The number of carbonyl (C=O) groups excluding carboxylic acids is 1. The zero-order valence-corrected chi connectivity index (χ0v) is 11.7. The number of benzene rings is 2. The minimum Gasteiger partial charge on any atom is -0.346 e. The molecule has 20 heavy (non-hydrogen) atoms. The summed E-state index contributed by atoms with van der Waals surface area (Å²) in [4.78, 5) is 12.2. The summed E-state index contributed by atoms with van der Waals surface area (Å²) in [7, 11) is 0. The van der Waals surface area contributed by atoms with Gasteiger partial charge in [-0.3, -0.25) is 4.79 Å². The summed E-state index contributed by atoms with van der Waals surface area (Å²) in [5.41, 5.74) is 4.81. The Morgan fingerprint density at radius 2 is 1.80 bits per heavy atom. The minimum absolute atomic E-state index is 0.0152. The van der Waals surface area contributed by atoms with E-state index < -0.39 is 0 Å². The third-order valence-corrected chi connectivity index (χ3v) is 4.01. The fraction of sp³-hybridized carbons (Fsp3) is 0.278. The number of aryl methyl sites for hydroxylation is 2. The Bertz CT molecular complexity index is 619. The van der Waals surface area contributed by atoms with E-state index in [-0.39, 0.29) is 11.9 Å². The molecule has 1 amide bonds. The molecule has 0 unspecified atom stereocenters. The molecule has 0 aromatic heterocycles. The van der Waals surface area contributed by atoms with Gasteiger partial charge in [0.25, 0.3) is 5.91 Å². The zero-order valence-electron chi connectivity index (χ0n) is 11.7. The van der Waals surface area contributed by atoms with Crippen LogP contribution in [0.2, 0.25) is 0 Å². The van der Waals surface area contributed by atoms with Crippen molar-refractivity contribution >= 4 is 5.91 Å². The van der Waals surface area contributed by atoms with E-state index in [0.29, 0.717) is 5.56 Å². The van der Waals surface area contributed by atoms with Gasteiger partial charge >= 0.3 is 0 Å². The second kappa shape index (κ2) is 5.49. The van der Waals surface area contributed by atoms with Crippen LogP contribution in [0.25, 0.3) is 0 Å². The van der Waals surface area contributed by atoms with Crippen LogP contribution in [0.4, 0.5) is 0 Å². The van der Waals surface area contributed by atoms with Crippen molar-refractivity contribution in [2.75, 3.05) is 0 Å². The maximum atomic E-state index is 12.2. The van der Waals surface area contributed by atoms with Crippen molar-refractivity contribution in [2.24, 2.45) is 0 Å². The van der Waals surface area contributed by atoms with Gasteiger partial charge < -0.3 is 5.32 Å². The van der Waals surface area contributed by atoms with Gasteiger partial charge in [0.05, 0.1) is 6.04 Å². The molecule has 2 heteroatoms. The largest absolute Gasteiger partial charge is 0.346 e. The van der Waals surface area contributed by atoms with Crippen molar-refractivity contribution in [1.82, 2.24) is 5.32 Å². The predicted molar refractivity (Wildman–Crippen MR) is 80.8 cm³/mol. The highest BCUT2D eigenvalue weighted by atomic mass is 16.1. The van der Waals surface area contributed by atoms with Gasteiger partial charge in [-0.2, -0.15) is 0 Å². The van der Waals surface area contributed by atoms with E-state index in [9.17, 15) is 4.79 Å². The van der Waals surface area contributed by atoms with E-state index in [1.54, 1.807) is 0 Å². The molecule has 0 aliphatic heterocycles. The van der Waals surface area contributed by atoms with Crippen molar-refractivity contribution in [1.29, 1.82) is 0 Å². The van der Waals surface area contributed by atoms with Crippen molar-refractivity contribution in [2.45, 2.75) is 32.2 Å². The van der Waals surface area contributed by atoms with Crippen LogP contribution in [0, 0.1) is 0 Å². The number of rotatable bonds is 3. The van der Waals surface area contributed by atoms with Gasteiger partial charge in [-0.15, -0.1) is 0 Å². The number of hydrogen-bond donors (Lipinski definition) is 1. The molecule has 2 nitrogen and oxygen atoms in total. The first kappa shape index (κ1) is 12.9. The smallest absolute Gasteiger partial charge is 0.251 e. The van der Waals surface area contributed by atoms with Gasteiger partial charge in [0.2, 0.25) is 0 Å². The van der Waals surface area contributed by atoms with Gasteiger partial charge in [0.15, 0.2) is 0 Å². The maximum Gasteiger partial charge on any atom is 0.251 e. The molecule has 0 radical (unpaired) electrons. The number of hydrogen-bond acceptors (Lipinski definition) is 1. The van der Waals surface area contributed by atoms with Crippen LogP contribution >= 0.6 is 0 Å². The highest BCUT2D eigenvalue weighted by molar-refractivity contribution is 5.94. The minimum atomic E-state index is -0.0152. The fourth-order valence-corrected chi connectivity index (χ4v) is 2.81. The first-order valence-electron chi connectivity index (χ1n) is 7.21. The molecule has 1 aliphatic carbocycles. The molecular weight excluding hydrogens is 246 g/mol. The Hall–Kier alpha value is -2.09. The zero-order chi connectivity index (χ0) is 13.9. The lowest BCUT2D eigenvalue weighted by molar-refractivity contribution is 0.0940.